The second-order valence-corrected chi connectivity index (χ2v) is 8.13. The molecule has 2 aliphatic heterocycles. The maximum Gasteiger partial charge on any atom is 0.241 e. The topological polar surface area (TPSA) is 50.8 Å². The van der Waals surface area contributed by atoms with Crippen molar-refractivity contribution in [3.63, 3.8) is 0 Å². The van der Waals surface area contributed by atoms with Crippen LogP contribution < -0.4 is 19.7 Å². The fourth-order valence-corrected chi connectivity index (χ4v) is 4.48. The highest BCUT2D eigenvalue weighted by Crippen LogP contribution is 2.52. The minimum atomic E-state index is -0.599. The third-order valence-corrected chi connectivity index (χ3v) is 6.04. The minimum Gasteiger partial charge on any atom is -0.493 e. The van der Waals surface area contributed by atoms with E-state index in [-0.39, 0.29) is 11.3 Å². The van der Waals surface area contributed by atoms with Crippen LogP contribution in [0.25, 0.3) is 6.08 Å². The van der Waals surface area contributed by atoms with Crippen molar-refractivity contribution in [2.75, 3.05) is 25.2 Å². The van der Waals surface area contributed by atoms with E-state index in [4.69, 9.17) is 9.47 Å². The molecule has 1 atom stereocenters. The number of fused-ring (bicyclic) bond motifs is 3. The number of nitrogens with zero attached hydrogens (tertiary/aromatic N) is 1. The zero-order chi connectivity index (χ0) is 20.6. The van der Waals surface area contributed by atoms with Crippen molar-refractivity contribution >= 4 is 17.7 Å². The zero-order valence-corrected chi connectivity index (χ0v) is 17.5. The van der Waals surface area contributed by atoms with Gasteiger partial charge in [-0.15, -0.1) is 0 Å². The molecule has 0 saturated carbocycles. The quantitative estimate of drug-likeness (QED) is 0.803. The van der Waals surface area contributed by atoms with Crippen molar-refractivity contribution in [2.24, 2.45) is 0 Å². The molecule has 1 amide bonds. The van der Waals surface area contributed by atoms with Crippen LogP contribution in [0.2, 0.25) is 0 Å². The monoisotopic (exact) mass is 392 g/mol. The molecule has 152 valence electrons. The largest absolute Gasteiger partial charge is 0.493 e. The van der Waals surface area contributed by atoms with Crippen LogP contribution in [0, 0.1) is 0 Å². The molecule has 2 aromatic rings. The summed E-state index contributed by atoms with van der Waals surface area (Å²) in [5, 5.41) is 3.25. The molecule has 5 heteroatoms. The molecule has 0 bridgehead atoms. The van der Waals surface area contributed by atoms with Crippen molar-refractivity contribution in [1.82, 2.24) is 5.32 Å². The Kier molecular flexibility index (Phi) is 4.77. The molecule has 1 N–H and O–H groups in total. The van der Waals surface area contributed by atoms with Gasteiger partial charge in [-0.25, -0.2) is 0 Å². The van der Waals surface area contributed by atoms with E-state index in [0.29, 0.717) is 18.9 Å². The summed E-state index contributed by atoms with van der Waals surface area (Å²) >= 11 is 0. The van der Waals surface area contributed by atoms with Gasteiger partial charge in [-0.3, -0.25) is 4.79 Å². The lowest BCUT2D eigenvalue weighted by Gasteiger charge is -2.40. The van der Waals surface area contributed by atoms with E-state index >= 15 is 0 Å². The normalized spacial score (nSPS) is 21.8. The number of anilines is 1. The molecule has 2 aliphatic rings. The van der Waals surface area contributed by atoms with Gasteiger partial charge in [0.25, 0.3) is 0 Å². The van der Waals surface area contributed by atoms with Crippen molar-refractivity contribution in [2.45, 2.75) is 38.3 Å². The van der Waals surface area contributed by atoms with Gasteiger partial charge in [0.2, 0.25) is 5.91 Å². The molecule has 4 rings (SSSR count). The fourth-order valence-electron chi connectivity index (χ4n) is 4.48. The van der Waals surface area contributed by atoms with Gasteiger partial charge < -0.3 is 19.7 Å². The lowest BCUT2D eigenvalue weighted by atomic mass is 9.75. The summed E-state index contributed by atoms with van der Waals surface area (Å²) in [5.74, 6) is 1.49. The fraction of sp³-hybridized carbons (Fsp3) is 0.375. The summed E-state index contributed by atoms with van der Waals surface area (Å²) in [7, 11) is 1.65. The van der Waals surface area contributed by atoms with E-state index in [1.54, 1.807) is 7.11 Å². The number of carbonyl (C=O) groups is 1. The summed E-state index contributed by atoms with van der Waals surface area (Å²) in [6.07, 6.45) is 5.11. The number of benzene rings is 2. The second kappa shape index (κ2) is 7.14. The van der Waals surface area contributed by atoms with Gasteiger partial charge in [-0.2, -0.15) is 0 Å². The molecule has 0 aromatic heterocycles. The van der Waals surface area contributed by atoms with Crippen LogP contribution in [-0.2, 0) is 10.2 Å². The van der Waals surface area contributed by atoms with Gasteiger partial charge in [-0.1, -0.05) is 51.1 Å². The van der Waals surface area contributed by atoms with E-state index in [9.17, 15) is 4.79 Å². The molecular formula is C24H28N2O3. The number of ether oxygens (including phenoxy) is 2. The number of methoxy groups -OCH3 is 1. The number of para-hydroxylation sites is 1. The Morgan fingerprint density at radius 3 is 2.72 bits per heavy atom. The molecule has 0 radical (unpaired) electrons. The van der Waals surface area contributed by atoms with Crippen LogP contribution in [-0.4, -0.2) is 31.8 Å². The number of rotatable bonds is 6. The number of carbonyl (C=O) groups excluding carboxylic acids is 1. The standard InChI is InChI=1S/C24H28N2O3/c1-5-14-29-20-11-10-17(15-21(20)28-4)12-13-24-23(2,3)18-8-6-7-9-19(18)26(24)16-22(27)25-24/h6-13,15H,5,14,16H2,1-4H3,(H,25,27)/b13-12+/t24-/m0/s1. The highest BCUT2D eigenvalue weighted by atomic mass is 16.5. The Hall–Kier alpha value is -2.95. The maximum absolute atomic E-state index is 12.4. The Morgan fingerprint density at radius 2 is 1.97 bits per heavy atom. The van der Waals surface area contributed by atoms with E-state index in [0.717, 1.165) is 23.4 Å². The van der Waals surface area contributed by atoms with Crippen molar-refractivity contribution in [1.29, 1.82) is 0 Å². The molecule has 2 heterocycles. The Morgan fingerprint density at radius 1 is 1.17 bits per heavy atom. The van der Waals surface area contributed by atoms with Crippen LogP contribution in [0.15, 0.2) is 48.5 Å². The average Bonchev–Trinajstić information content (AvgIpc) is 3.16. The van der Waals surface area contributed by atoms with Gasteiger partial charge in [0.15, 0.2) is 11.5 Å². The predicted molar refractivity (Wildman–Crippen MR) is 116 cm³/mol. The molecule has 0 aliphatic carbocycles. The van der Waals surface area contributed by atoms with Crippen LogP contribution in [0.4, 0.5) is 5.69 Å². The van der Waals surface area contributed by atoms with Gasteiger partial charge in [0.1, 0.15) is 5.66 Å². The van der Waals surface area contributed by atoms with E-state index in [1.807, 2.05) is 24.3 Å². The molecule has 29 heavy (non-hydrogen) atoms. The van der Waals surface area contributed by atoms with E-state index < -0.39 is 5.66 Å². The summed E-state index contributed by atoms with van der Waals surface area (Å²) in [4.78, 5) is 14.6. The van der Waals surface area contributed by atoms with Crippen molar-refractivity contribution in [3.05, 3.63) is 59.7 Å². The first-order valence-corrected chi connectivity index (χ1v) is 10.1. The highest BCUT2D eigenvalue weighted by Gasteiger charge is 2.59. The number of hydrogen-bond acceptors (Lipinski definition) is 4. The summed E-state index contributed by atoms with van der Waals surface area (Å²) < 4.78 is 11.3. The molecular weight excluding hydrogens is 364 g/mol. The number of amides is 1. The minimum absolute atomic E-state index is 0.0399. The van der Waals surface area contributed by atoms with Crippen molar-refractivity contribution < 1.29 is 14.3 Å². The predicted octanol–water partition coefficient (Wildman–Crippen LogP) is 4.12. The first kappa shape index (κ1) is 19.4. The maximum atomic E-state index is 12.4. The first-order chi connectivity index (χ1) is 13.9. The molecule has 0 spiro atoms. The van der Waals surface area contributed by atoms with Crippen LogP contribution in [0.1, 0.15) is 38.3 Å². The molecule has 2 aromatic carbocycles. The van der Waals surface area contributed by atoms with Crippen LogP contribution in [0.5, 0.6) is 11.5 Å². The van der Waals surface area contributed by atoms with Gasteiger partial charge in [0, 0.05) is 11.1 Å². The van der Waals surface area contributed by atoms with E-state index in [2.05, 4.69) is 61.3 Å². The lowest BCUT2D eigenvalue weighted by molar-refractivity contribution is -0.118. The second-order valence-electron chi connectivity index (χ2n) is 8.13. The van der Waals surface area contributed by atoms with Gasteiger partial charge >= 0.3 is 0 Å². The van der Waals surface area contributed by atoms with Gasteiger partial charge in [-0.05, 0) is 41.8 Å². The lowest BCUT2D eigenvalue weighted by Crippen LogP contribution is -2.58. The molecule has 5 nitrogen and oxygen atoms in total. The SMILES string of the molecule is CCCOc1ccc(/C=C/[C@]23NC(=O)CN2c2ccccc2C3(C)C)cc1OC. The van der Waals surface area contributed by atoms with Crippen LogP contribution in [0.3, 0.4) is 0 Å². The first-order valence-electron chi connectivity index (χ1n) is 10.1. The summed E-state index contributed by atoms with van der Waals surface area (Å²) in [5.41, 5.74) is 2.47. The molecule has 0 unspecified atom stereocenters. The van der Waals surface area contributed by atoms with Crippen LogP contribution >= 0.6 is 0 Å². The van der Waals surface area contributed by atoms with Gasteiger partial charge in [0.05, 0.1) is 20.3 Å². The molecule has 1 saturated heterocycles. The van der Waals surface area contributed by atoms with Crippen molar-refractivity contribution in [3.8, 4) is 11.5 Å². The average molecular weight is 392 g/mol. The Bertz CT molecular complexity index is 966. The third-order valence-electron chi connectivity index (χ3n) is 6.04. The number of hydrogen-bond donors (Lipinski definition) is 1. The Balaban J connectivity index is 1.71. The zero-order valence-electron chi connectivity index (χ0n) is 17.5. The van der Waals surface area contributed by atoms with E-state index in [1.165, 1.54) is 5.56 Å². The smallest absolute Gasteiger partial charge is 0.241 e. The summed E-state index contributed by atoms with van der Waals surface area (Å²) in [6, 6.07) is 14.2. The highest BCUT2D eigenvalue weighted by molar-refractivity contribution is 5.91. The Labute approximate surface area is 172 Å². The molecule has 1 fully saturated rings. The summed E-state index contributed by atoms with van der Waals surface area (Å²) in [6.45, 7) is 7.46. The third kappa shape index (κ3) is 2.96. The number of nitrogens with one attached hydrogen (secondary N) is 1.